The van der Waals surface area contributed by atoms with Crippen LogP contribution in [0.15, 0.2) is 77.5 Å². The van der Waals surface area contributed by atoms with E-state index in [2.05, 4.69) is 10.3 Å². The second kappa shape index (κ2) is 8.23. The van der Waals surface area contributed by atoms with E-state index in [-0.39, 0.29) is 12.3 Å². The Bertz CT molecular complexity index is 1450. The molecule has 6 nitrogen and oxygen atoms in total. The molecule has 0 spiro atoms. The molecule has 6 heteroatoms. The highest BCUT2D eigenvalue weighted by Crippen LogP contribution is 2.30. The Morgan fingerprint density at radius 1 is 1.00 bits per heavy atom. The maximum Gasteiger partial charge on any atom is 0.328 e. The predicted molar refractivity (Wildman–Crippen MR) is 123 cm³/mol. The van der Waals surface area contributed by atoms with Gasteiger partial charge in [0.1, 0.15) is 11.6 Å². The standard InChI is InChI=1S/C26H22N2O4/c1-31-26(30)22(12-17-14-27-21-9-5-4-7-19(17)21)28-24(29)13-18-15-32-23-11-10-16-6-2-3-8-20(16)25(18)23/h2-11,14-15,22,27H,12-13H2,1H3,(H,28,29)/t22-/m1/s1. The van der Waals surface area contributed by atoms with Gasteiger partial charge >= 0.3 is 5.97 Å². The fourth-order valence-corrected chi connectivity index (χ4v) is 4.28. The van der Waals surface area contributed by atoms with Crippen molar-refractivity contribution < 1.29 is 18.7 Å². The number of aromatic amines is 1. The molecule has 0 radical (unpaired) electrons. The van der Waals surface area contributed by atoms with Crippen molar-refractivity contribution in [2.75, 3.05) is 7.11 Å². The zero-order valence-corrected chi connectivity index (χ0v) is 17.6. The predicted octanol–water partition coefficient (Wildman–Crippen LogP) is 4.51. The Kier molecular flexibility index (Phi) is 5.11. The molecular weight excluding hydrogens is 404 g/mol. The van der Waals surface area contributed by atoms with E-state index in [1.54, 1.807) is 6.26 Å². The van der Waals surface area contributed by atoms with Crippen LogP contribution in [0.25, 0.3) is 32.6 Å². The van der Waals surface area contributed by atoms with Crippen LogP contribution in [0, 0.1) is 0 Å². The second-order valence-corrected chi connectivity index (χ2v) is 7.80. The number of hydrogen-bond acceptors (Lipinski definition) is 4. The van der Waals surface area contributed by atoms with Gasteiger partial charge in [0.05, 0.1) is 19.8 Å². The van der Waals surface area contributed by atoms with E-state index in [4.69, 9.17) is 9.15 Å². The molecule has 0 aliphatic heterocycles. The number of furan rings is 1. The van der Waals surface area contributed by atoms with Gasteiger partial charge in [-0.15, -0.1) is 0 Å². The Hall–Kier alpha value is -4.06. The van der Waals surface area contributed by atoms with Crippen LogP contribution < -0.4 is 5.32 Å². The Morgan fingerprint density at radius 3 is 2.62 bits per heavy atom. The number of fused-ring (bicyclic) bond motifs is 4. The summed E-state index contributed by atoms with van der Waals surface area (Å²) >= 11 is 0. The number of carbonyl (C=O) groups is 2. The van der Waals surface area contributed by atoms with Crippen LogP contribution in [0.1, 0.15) is 11.1 Å². The molecule has 2 heterocycles. The maximum absolute atomic E-state index is 12.9. The lowest BCUT2D eigenvalue weighted by atomic mass is 10.0. The molecule has 1 amide bonds. The topological polar surface area (TPSA) is 84.3 Å². The molecule has 0 fully saturated rings. The molecular formula is C26H22N2O4. The van der Waals surface area contributed by atoms with Crippen LogP contribution >= 0.6 is 0 Å². The summed E-state index contributed by atoms with van der Waals surface area (Å²) in [5, 5.41) is 6.90. The minimum Gasteiger partial charge on any atom is -0.467 e. The average molecular weight is 426 g/mol. The number of esters is 1. The SMILES string of the molecule is COC(=O)[C@@H](Cc1c[nH]c2ccccc12)NC(=O)Cc1coc2ccc3ccccc3c12. The summed E-state index contributed by atoms with van der Waals surface area (Å²) in [6.45, 7) is 0. The van der Waals surface area contributed by atoms with Crippen LogP contribution in [-0.4, -0.2) is 30.0 Å². The molecule has 32 heavy (non-hydrogen) atoms. The number of nitrogens with one attached hydrogen (secondary N) is 2. The lowest BCUT2D eigenvalue weighted by Crippen LogP contribution is -2.43. The minimum absolute atomic E-state index is 0.0996. The first-order valence-electron chi connectivity index (χ1n) is 10.4. The Balaban J connectivity index is 1.40. The zero-order chi connectivity index (χ0) is 22.1. The molecule has 0 saturated carbocycles. The summed E-state index contributed by atoms with van der Waals surface area (Å²) in [6, 6.07) is 19.0. The van der Waals surface area contributed by atoms with Gasteiger partial charge in [-0.25, -0.2) is 4.79 Å². The highest BCUT2D eigenvalue weighted by molar-refractivity contribution is 6.08. The molecule has 0 unspecified atom stereocenters. The first-order valence-corrected chi connectivity index (χ1v) is 10.4. The van der Waals surface area contributed by atoms with Crippen molar-refractivity contribution in [3.05, 3.63) is 84.3 Å². The van der Waals surface area contributed by atoms with Gasteiger partial charge in [0, 0.05) is 34.5 Å². The molecule has 0 aliphatic carbocycles. The van der Waals surface area contributed by atoms with Gasteiger partial charge in [0.15, 0.2) is 0 Å². The monoisotopic (exact) mass is 426 g/mol. The summed E-state index contributed by atoms with van der Waals surface area (Å²) in [6.07, 6.45) is 3.91. The number of methoxy groups -OCH3 is 1. The molecule has 2 aromatic heterocycles. The number of H-pyrrole nitrogens is 1. The van der Waals surface area contributed by atoms with Crippen molar-refractivity contribution in [1.82, 2.24) is 10.3 Å². The quantitative estimate of drug-likeness (QED) is 0.391. The van der Waals surface area contributed by atoms with Crippen molar-refractivity contribution in [3.63, 3.8) is 0 Å². The fourth-order valence-electron chi connectivity index (χ4n) is 4.28. The van der Waals surface area contributed by atoms with Gasteiger partial charge in [0.25, 0.3) is 0 Å². The van der Waals surface area contributed by atoms with Gasteiger partial charge in [-0.2, -0.15) is 0 Å². The van der Waals surface area contributed by atoms with Crippen molar-refractivity contribution in [2.45, 2.75) is 18.9 Å². The number of amides is 1. The lowest BCUT2D eigenvalue weighted by Gasteiger charge is -2.16. The van der Waals surface area contributed by atoms with E-state index in [9.17, 15) is 9.59 Å². The average Bonchev–Trinajstić information content (AvgIpc) is 3.42. The summed E-state index contributed by atoms with van der Waals surface area (Å²) in [5.41, 5.74) is 3.44. The summed E-state index contributed by atoms with van der Waals surface area (Å²) in [4.78, 5) is 28.6. The van der Waals surface area contributed by atoms with E-state index in [0.29, 0.717) is 6.42 Å². The molecule has 0 bridgehead atoms. The molecule has 2 N–H and O–H groups in total. The van der Waals surface area contributed by atoms with E-state index in [1.807, 2.05) is 66.9 Å². The molecule has 0 aliphatic rings. The van der Waals surface area contributed by atoms with Crippen molar-refractivity contribution in [3.8, 4) is 0 Å². The number of para-hydroxylation sites is 1. The zero-order valence-electron chi connectivity index (χ0n) is 17.6. The maximum atomic E-state index is 12.9. The summed E-state index contributed by atoms with van der Waals surface area (Å²) in [7, 11) is 1.33. The molecule has 5 rings (SSSR count). The van der Waals surface area contributed by atoms with E-state index < -0.39 is 12.0 Å². The van der Waals surface area contributed by atoms with E-state index in [1.165, 1.54) is 7.11 Å². The van der Waals surface area contributed by atoms with Gasteiger partial charge in [-0.3, -0.25) is 4.79 Å². The fraction of sp³-hybridized carbons (Fsp3) is 0.154. The minimum atomic E-state index is -0.790. The van der Waals surface area contributed by atoms with Crippen molar-refractivity contribution in [2.24, 2.45) is 0 Å². The second-order valence-electron chi connectivity index (χ2n) is 7.80. The van der Waals surface area contributed by atoms with Crippen LogP contribution in [0.4, 0.5) is 0 Å². The van der Waals surface area contributed by atoms with Crippen LogP contribution in [0.5, 0.6) is 0 Å². The van der Waals surface area contributed by atoms with Gasteiger partial charge in [-0.05, 0) is 28.5 Å². The summed E-state index contributed by atoms with van der Waals surface area (Å²) in [5.74, 6) is -0.748. The molecule has 1 atom stereocenters. The molecule has 160 valence electrons. The third kappa shape index (κ3) is 3.60. The number of hydrogen-bond donors (Lipinski definition) is 2. The third-order valence-electron chi connectivity index (χ3n) is 5.81. The first-order chi connectivity index (χ1) is 15.6. The van der Waals surface area contributed by atoms with Gasteiger partial charge < -0.3 is 19.5 Å². The number of rotatable bonds is 6. The lowest BCUT2D eigenvalue weighted by molar-refractivity contribution is -0.145. The molecule has 5 aromatic rings. The van der Waals surface area contributed by atoms with Crippen molar-refractivity contribution >= 4 is 44.5 Å². The van der Waals surface area contributed by atoms with Crippen molar-refractivity contribution in [1.29, 1.82) is 0 Å². The summed E-state index contributed by atoms with van der Waals surface area (Å²) < 4.78 is 10.6. The smallest absolute Gasteiger partial charge is 0.328 e. The Labute approximate surface area is 184 Å². The highest BCUT2D eigenvalue weighted by Gasteiger charge is 2.24. The number of benzene rings is 3. The molecule has 0 saturated heterocycles. The molecule has 3 aromatic carbocycles. The van der Waals surface area contributed by atoms with Crippen LogP contribution in [0.2, 0.25) is 0 Å². The number of aromatic nitrogens is 1. The van der Waals surface area contributed by atoms with E-state index >= 15 is 0 Å². The van der Waals surface area contributed by atoms with E-state index in [0.717, 1.165) is 43.8 Å². The third-order valence-corrected chi connectivity index (χ3v) is 5.81. The first kappa shape index (κ1) is 19.9. The largest absolute Gasteiger partial charge is 0.467 e. The van der Waals surface area contributed by atoms with Crippen LogP contribution in [0.3, 0.4) is 0 Å². The normalized spacial score (nSPS) is 12.3. The number of carbonyl (C=O) groups excluding carboxylic acids is 2. The van der Waals surface area contributed by atoms with Gasteiger partial charge in [0.2, 0.25) is 5.91 Å². The Morgan fingerprint density at radius 2 is 1.78 bits per heavy atom. The van der Waals surface area contributed by atoms with Crippen LogP contribution in [-0.2, 0) is 27.2 Å². The highest BCUT2D eigenvalue weighted by atomic mass is 16.5. The number of ether oxygens (including phenoxy) is 1. The van der Waals surface area contributed by atoms with Gasteiger partial charge in [-0.1, -0.05) is 48.5 Å².